The Morgan fingerprint density at radius 2 is 1.68 bits per heavy atom. The van der Waals surface area contributed by atoms with Gasteiger partial charge in [-0.25, -0.2) is 4.79 Å². The summed E-state index contributed by atoms with van der Waals surface area (Å²) >= 11 is 0. The van der Waals surface area contributed by atoms with Gasteiger partial charge in [0, 0.05) is 0 Å². The number of ether oxygens (including phenoxy) is 3. The molecule has 1 amide bonds. The number of nitrogens with zero attached hydrogens (tertiary/aromatic N) is 1. The molecule has 28 heavy (non-hydrogen) atoms. The van der Waals surface area contributed by atoms with Gasteiger partial charge in [0.1, 0.15) is 22.8 Å². The number of carbonyl (C=O) groups is 1. The second-order valence-corrected chi connectivity index (χ2v) is 8.53. The zero-order valence-corrected chi connectivity index (χ0v) is 17.3. The quantitative estimate of drug-likeness (QED) is 0.710. The largest absolute Gasteiger partial charge is 0.457 e. The van der Waals surface area contributed by atoms with Crippen LogP contribution in [0.5, 0.6) is 11.5 Å². The Morgan fingerprint density at radius 3 is 2.29 bits per heavy atom. The van der Waals surface area contributed by atoms with Crippen LogP contribution in [0.2, 0.25) is 0 Å². The molecule has 5 heteroatoms. The van der Waals surface area contributed by atoms with E-state index in [0.717, 1.165) is 17.1 Å². The number of rotatable bonds is 4. The summed E-state index contributed by atoms with van der Waals surface area (Å²) in [5.74, 6) is 1.58. The lowest BCUT2D eigenvalue weighted by molar-refractivity contribution is -0.0624. The first-order valence-electron chi connectivity index (χ1n) is 9.62. The Kier molecular flexibility index (Phi) is 5.66. The van der Waals surface area contributed by atoms with Gasteiger partial charge in [-0.2, -0.15) is 0 Å². The summed E-state index contributed by atoms with van der Waals surface area (Å²) in [4.78, 5) is 14.5. The summed E-state index contributed by atoms with van der Waals surface area (Å²) in [5, 5.41) is 0. The van der Waals surface area contributed by atoms with Crippen LogP contribution in [-0.4, -0.2) is 35.0 Å². The second kappa shape index (κ2) is 7.84. The topological polar surface area (TPSA) is 48.0 Å². The molecule has 150 valence electrons. The molecule has 0 N–H and O–H groups in total. The minimum Gasteiger partial charge on any atom is -0.457 e. The van der Waals surface area contributed by atoms with Gasteiger partial charge < -0.3 is 14.2 Å². The van der Waals surface area contributed by atoms with Crippen molar-refractivity contribution in [2.45, 2.75) is 58.4 Å². The van der Waals surface area contributed by atoms with E-state index in [1.165, 1.54) is 0 Å². The highest BCUT2D eigenvalue weighted by molar-refractivity contribution is 5.69. The van der Waals surface area contributed by atoms with Crippen molar-refractivity contribution in [2.75, 3.05) is 6.61 Å². The zero-order valence-electron chi connectivity index (χ0n) is 17.3. The number of benzene rings is 2. The zero-order chi connectivity index (χ0) is 20.4. The molecule has 0 aromatic heterocycles. The maximum absolute atomic E-state index is 12.7. The van der Waals surface area contributed by atoms with E-state index >= 15 is 0 Å². The molecule has 0 bridgehead atoms. The lowest BCUT2D eigenvalue weighted by atomic mass is 10.0. The van der Waals surface area contributed by atoms with Crippen LogP contribution in [0.25, 0.3) is 0 Å². The first-order valence-corrected chi connectivity index (χ1v) is 9.62. The number of para-hydroxylation sites is 1. The number of hydrogen-bond donors (Lipinski definition) is 0. The Hall–Kier alpha value is -2.53. The highest BCUT2D eigenvalue weighted by Gasteiger charge is 2.45. The second-order valence-electron chi connectivity index (χ2n) is 8.53. The van der Waals surface area contributed by atoms with Crippen molar-refractivity contribution in [3.05, 3.63) is 60.2 Å². The van der Waals surface area contributed by atoms with Crippen molar-refractivity contribution in [3.8, 4) is 11.5 Å². The lowest BCUT2D eigenvalue weighted by Gasteiger charge is -2.35. The van der Waals surface area contributed by atoms with Crippen LogP contribution in [0.3, 0.4) is 0 Å². The summed E-state index contributed by atoms with van der Waals surface area (Å²) in [5.41, 5.74) is -0.125. The van der Waals surface area contributed by atoms with Crippen molar-refractivity contribution >= 4 is 6.09 Å². The molecule has 3 rings (SSSR count). The summed E-state index contributed by atoms with van der Waals surface area (Å²) in [7, 11) is 0. The van der Waals surface area contributed by atoms with Gasteiger partial charge in [-0.3, -0.25) is 4.90 Å². The Balaban J connectivity index is 1.68. The highest BCUT2D eigenvalue weighted by Crippen LogP contribution is 2.31. The Labute approximate surface area is 167 Å². The van der Waals surface area contributed by atoms with Crippen molar-refractivity contribution < 1.29 is 19.0 Å². The molecule has 1 fully saturated rings. The van der Waals surface area contributed by atoms with Gasteiger partial charge in [0.25, 0.3) is 0 Å². The van der Waals surface area contributed by atoms with Crippen molar-refractivity contribution in [1.82, 2.24) is 4.90 Å². The first kappa shape index (κ1) is 20.2. The van der Waals surface area contributed by atoms with E-state index in [0.29, 0.717) is 13.0 Å². The van der Waals surface area contributed by atoms with Crippen molar-refractivity contribution in [3.63, 3.8) is 0 Å². The van der Waals surface area contributed by atoms with Gasteiger partial charge in [0.05, 0.1) is 12.6 Å². The van der Waals surface area contributed by atoms with Crippen LogP contribution in [0, 0.1) is 0 Å². The van der Waals surface area contributed by atoms with Crippen LogP contribution in [0.15, 0.2) is 54.6 Å². The fraction of sp³-hybridized carbons (Fsp3) is 0.435. The van der Waals surface area contributed by atoms with E-state index in [-0.39, 0.29) is 12.1 Å². The predicted molar refractivity (Wildman–Crippen MR) is 109 cm³/mol. The van der Waals surface area contributed by atoms with E-state index in [4.69, 9.17) is 14.2 Å². The third kappa shape index (κ3) is 5.04. The molecule has 0 aliphatic carbocycles. The van der Waals surface area contributed by atoms with E-state index in [9.17, 15) is 4.79 Å². The summed E-state index contributed by atoms with van der Waals surface area (Å²) in [6.45, 7) is 9.88. The normalized spacial score (nSPS) is 18.8. The summed E-state index contributed by atoms with van der Waals surface area (Å²) < 4.78 is 17.3. The highest BCUT2D eigenvalue weighted by atomic mass is 16.6. The fourth-order valence-electron chi connectivity index (χ4n) is 3.30. The molecule has 1 aliphatic rings. The molecule has 1 saturated heterocycles. The Morgan fingerprint density at radius 1 is 1.07 bits per heavy atom. The maximum Gasteiger partial charge on any atom is 0.412 e. The summed E-state index contributed by atoms with van der Waals surface area (Å²) in [6, 6.07) is 17.5. The number of carbonyl (C=O) groups excluding carboxylic acids is 1. The molecular formula is C23H29NO4. The van der Waals surface area contributed by atoms with E-state index in [2.05, 4.69) is 0 Å². The first-order chi connectivity index (χ1) is 13.1. The molecule has 0 unspecified atom stereocenters. The standard InChI is InChI=1S/C23H29NO4/c1-22(2,3)28-21(25)24-18(16-26-23(24,4)5)15-17-11-13-20(14-12-17)27-19-9-7-6-8-10-19/h6-14,18H,15-16H2,1-5H3/t18-/m0/s1. The summed E-state index contributed by atoms with van der Waals surface area (Å²) in [6.07, 6.45) is 0.345. The van der Waals surface area contributed by atoms with Gasteiger partial charge in [-0.15, -0.1) is 0 Å². The number of hydrogen-bond acceptors (Lipinski definition) is 4. The van der Waals surface area contributed by atoms with E-state index in [1.54, 1.807) is 4.90 Å². The molecule has 2 aromatic rings. The third-order valence-electron chi connectivity index (χ3n) is 4.54. The smallest absolute Gasteiger partial charge is 0.412 e. The van der Waals surface area contributed by atoms with Gasteiger partial charge in [-0.1, -0.05) is 30.3 Å². The third-order valence-corrected chi connectivity index (χ3v) is 4.54. The lowest BCUT2D eigenvalue weighted by Crippen LogP contribution is -2.50. The average molecular weight is 383 g/mol. The van der Waals surface area contributed by atoms with E-state index < -0.39 is 11.3 Å². The SMILES string of the molecule is CC(C)(C)OC(=O)N1[C@@H](Cc2ccc(Oc3ccccc3)cc2)COC1(C)C. The molecule has 0 spiro atoms. The minimum absolute atomic E-state index is 0.0780. The van der Waals surface area contributed by atoms with Crippen LogP contribution in [-0.2, 0) is 15.9 Å². The fourth-order valence-corrected chi connectivity index (χ4v) is 3.30. The minimum atomic E-state index is -0.691. The van der Waals surface area contributed by atoms with Gasteiger partial charge in [0.2, 0.25) is 0 Å². The predicted octanol–water partition coefficient (Wildman–Crippen LogP) is 5.39. The molecule has 0 radical (unpaired) electrons. The van der Waals surface area contributed by atoms with Crippen LogP contribution in [0.1, 0.15) is 40.2 Å². The maximum atomic E-state index is 12.7. The molecule has 1 heterocycles. The Bertz CT molecular complexity index is 794. The van der Waals surface area contributed by atoms with Gasteiger partial charge in [0.15, 0.2) is 0 Å². The van der Waals surface area contributed by atoms with Gasteiger partial charge in [-0.05, 0) is 70.9 Å². The van der Waals surface area contributed by atoms with Crippen LogP contribution in [0.4, 0.5) is 4.79 Å². The number of amides is 1. The van der Waals surface area contributed by atoms with Crippen molar-refractivity contribution in [1.29, 1.82) is 0 Å². The average Bonchev–Trinajstić information content (AvgIpc) is 2.90. The molecule has 5 nitrogen and oxygen atoms in total. The molecular weight excluding hydrogens is 354 g/mol. The molecule has 1 aliphatic heterocycles. The molecule has 0 saturated carbocycles. The van der Waals surface area contributed by atoms with Crippen LogP contribution >= 0.6 is 0 Å². The van der Waals surface area contributed by atoms with Crippen molar-refractivity contribution in [2.24, 2.45) is 0 Å². The molecule has 2 aromatic carbocycles. The van der Waals surface area contributed by atoms with Gasteiger partial charge >= 0.3 is 6.09 Å². The van der Waals surface area contributed by atoms with Crippen LogP contribution < -0.4 is 4.74 Å². The monoisotopic (exact) mass is 383 g/mol. The van der Waals surface area contributed by atoms with E-state index in [1.807, 2.05) is 89.2 Å². The molecule has 1 atom stereocenters.